The molecule has 0 N–H and O–H groups in total. The summed E-state index contributed by atoms with van der Waals surface area (Å²) in [4.78, 5) is 26.5. The highest BCUT2D eigenvalue weighted by Crippen LogP contribution is 2.34. The maximum atomic E-state index is 14.1. The maximum absolute atomic E-state index is 14.1. The predicted molar refractivity (Wildman–Crippen MR) is 106 cm³/mol. The first-order valence-corrected chi connectivity index (χ1v) is 9.69. The van der Waals surface area contributed by atoms with Crippen LogP contribution in [0.3, 0.4) is 0 Å². The SMILES string of the molecule is COc1ccc(N2C(=O)C[C@@H](Sc3nnc(-c4ccccc4F)n3C)C2=O)cc1. The van der Waals surface area contributed by atoms with E-state index >= 15 is 0 Å². The molecule has 7 nitrogen and oxygen atoms in total. The average molecular weight is 412 g/mol. The summed E-state index contributed by atoms with van der Waals surface area (Å²) in [6.07, 6.45) is 0.0530. The molecule has 4 rings (SSSR count). The van der Waals surface area contributed by atoms with Gasteiger partial charge in [-0.2, -0.15) is 0 Å². The molecule has 0 spiro atoms. The van der Waals surface area contributed by atoms with E-state index in [0.29, 0.717) is 28.0 Å². The van der Waals surface area contributed by atoms with Gasteiger partial charge in [0.1, 0.15) is 16.8 Å². The van der Waals surface area contributed by atoms with E-state index in [9.17, 15) is 14.0 Å². The van der Waals surface area contributed by atoms with E-state index in [1.807, 2.05) is 0 Å². The molecular weight excluding hydrogens is 395 g/mol. The molecule has 1 fully saturated rings. The lowest BCUT2D eigenvalue weighted by atomic mass is 10.2. The molecule has 1 saturated heterocycles. The molecule has 0 unspecified atom stereocenters. The number of aromatic nitrogens is 3. The smallest absolute Gasteiger partial charge is 0.247 e. The molecule has 2 aromatic carbocycles. The van der Waals surface area contributed by atoms with Crippen LogP contribution in [0, 0.1) is 5.82 Å². The molecule has 1 aromatic heterocycles. The number of rotatable bonds is 5. The zero-order valence-electron chi connectivity index (χ0n) is 15.7. The topological polar surface area (TPSA) is 77.3 Å². The number of anilines is 1. The van der Waals surface area contributed by atoms with Gasteiger partial charge in [0.2, 0.25) is 11.8 Å². The van der Waals surface area contributed by atoms with Crippen LogP contribution in [0.25, 0.3) is 11.4 Å². The van der Waals surface area contributed by atoms with Gasteiger partial charge in [-0.25, -0.2) is 9.29 Å². The summed E-state index contributed by atoms with van der Waals surface area (Å²) >= 11 is 1.15. The number of amides is 2. The zero-order valence-corrected chi connectivity index (χ0v) is 16.5. The molecule has 1 aliphatic rings. The number of carbonyl (C=O) groups is 2. The fraction of sp³-hybridized carbons (Fsp3) is 0.200. The molecule has 0 aliphatic carbocycles. The largest absolute Gasteiger partial charge is 0.497 e. The zero-order chi connectivity index (χ0) is 20.5. The van der Waals surface area contributed by atoms with E-state index in [1.165, 1.54) is 11.0 Å². The van der Waals surface area contributed by atoms with Crippen molar-refractivity contribution in [3.63, 3.8) is 0 Å². The van der Waals surface area contributed by atoms with Gasteiger partial charge in [-0.1, -0.05) is 23.9 Å². The van der Waals surface area contributed by atoms with E-state index in [0.717, 1.165) is 11.8 Å². The van der Waals surface area contributed by atoms with Crippen LogP contribution in [0.15, 0.2) is 53.7 Å². The molecule has 29 heavy (non-hydrogen) atoms. The summed E-state index contributed by atoms with van der Waals surface area (Å²) in [6.45, 7) is 0. The van der Waals surface area contributed by atoms with Crippen molar-refractivity contribution in [2.24, 2.45) is 7.05 Å². The van der Waals surface area contributed by atoms with Crippen molar-refractivity contribution in [2.75, 3.05) is 12.0 Å². The van der Waals surface area contributed by atoms with Gasteiger partial charge < -0.3 is 9.30 Å². The van der Waals surface area contributed by atoms with Gasteiger partial charge in [-0.05, 0) is 36.4 Å². The second-order valence-electron chi connectivity index (χ2n) is 6.42. The van der Waals surface area contributed by atoms with E-state index in [1.54, 1.807) is 61.2 Å². The fourth-order valence-corrected chi connectivity index (χ4v) is 4.14. The van der Waals surface area contributed by atoms with Gasteiger partial charge in [0.05, 0.1) is 18.4 Å². The van der Waals surface area contributed by atoms with Crippen molar-refractivity contribution in [2.45, 2.75) is 16.8 Å². The first-order chi connectivity index (χ1) is 14.0. The number of imide groups is 1. The molecule has 148 valence electrons. The molecule has 2 amide bonds. The summed E-state index contributed by atoms with van der Waals surface area (Å²) in [5.41, 5.74) is 0.817. The van der Waals surface area contributed by atoms with E-state index in [2.05, 4.69) is 10.2 Å². The molecule has 9 heteroatoms. The Bertz CT molecular complexity index is 1080. The standard InChI is InChI=1S/C20H17FN4O3S/c1-24-18(14-5-3-4-6-15(14)21)22-23-20(24)29-16-11-17(26)25(19(16)27)12-7-9-13(28-2)10-8-12/h3-10,16H,11H2,1-2H3/t16-/m1/s1. The summed E-state index contributed by atoms with van der Waals surface area (Å²) < 4.78 is 20.8. The van der Waals surface area contributed by atoms with Gasteiger partial charge in [0.25, 0.3) is 0 Å². The number of nitrogens with zero attached hydrogens (tertiary/aromatic N) is 4. The van der Waals surface area contributed by atoms with Gasteiger partial charge >= 0.3 is 0 Å². The Hall–Kier alpha value is -3.20. The fourth-order valence-electron chi connectivity index (χ4n) is 3.12. The summed E-state index contributed by atoms with van der Waals surface area (Å²) in [7, 11) is 3.25. The number of hydrogen-bond donors (Lipinski definition) is 0. The Balaban J connectivity index is 1.55. The Morgan fingerprint density at radius 3 is 2.52 bits per heavy atom. The average Bonchev–Trinajstić information content (AvgIpc) is 3.22. The monoisotopic (exact) mass is 412 g/mol. The number of thioether (sulfide) groups is 1. The van der Waals surface area contributed by atoms with E-state index < -0.39 is 11.1 Å². The minimum absolute atomic E-state index is 0.0530. The highest BCUT2D eigenvalue weighted by Gasteiger charge is 2.41. The van der Waals surface area contributed by atoms with Crippen molar-refractivity contribution < 1.29 is 18.7 Å². The molecule has 0 saturated carbocycles. The third-order valence-electron chi connectivity index (χ3n) is 4.63. The molecule has 1 aliphatic heterocycles. The van der Waals surface area contributed by atoms with Crippen LogP contribution >= 0.6 is 11.8 Å². The number of halogens is 1. The summed E-state index contributed by atoms with van der Waals surface area (Å²) in [5.74, 6) is -0.0139. The van der Waals surface area contributed by atoms with Crippen LogP contribution in [-0.2, 0) is 16.6 Å². The van der Waals surface area contributed by atoms with E-state index in [4.69, 9.17) is 4.74 Å². The van der Waals surface area contributed by atoms with Crippen LogP contribution < -0.4 is 9.64 Å². The number of benzene rings is 2. The molecule has 0 bridgehead atoms. The predicted octanol–water partition coefficient (Wildman–Crippen LogP) is 3.05. The highest BCUT2D eigenvalue weighted by molar-refractivity contribution is 8.00. The van der Waals surface area contributed by atoms with Gasteiger partial charge in [0, 0.05) is 13.5 Å². The maximum Gasteiger partial charge on any atom is 0.247 e. The molecular formula is C20H17FN4O3S. The molecule has 3 aromatic rings. The minimum atomic E-state index is -0.624. The van der Waals surface area contributed by atoms with Crippen LogP contribution in [-0.4, -0.2) is 38.9 Å². The lowest BCUT2D eigenvalue weighted by Gasteiger charge is -2.15. The van der Waals surface area contributed by atoms with Gasteiger partial charge in [-0.3, -0.25) is 9.59 Å². The van der Waals surface area contributed by atoms with Crippen molar-refractivity contribution in [3.8, 4) is 17.1 Å². The summed E-state index contributed by atoms with van der Waals surface area (Å²) in [6, 6.07) is 13.0. The Kier molecular flexibility index (Phi) is 5.06. The Morgan fingerprint density at radius 1 is 1.10 bits per heavy atom. The minimum Gasteiger partial charge on any atom is -0.497 e. The second-order valence-corrected chi connectivity index (χ2v) is 7.59. The Morgan fingerprint density at radius 2 is 1.83 bits per heavy atom. The first kappa shape index (κ1) is 19.1. The molecule has 0 radical (unpaired) electrons. The van der Waals surface area contributed by atoms with Crippen LogP contribution in [0.1, 0.15) is 6.42 Å². The van der Waals surface area contributed by atoms with Gasteiger partial charge in [0.15, 0.2) is 11.0 Å². The number of methoxy groups -OCH3 is 1. The number of carbonyl (C=O) groups excluding carboxylic acids is 2. The van der Waals surface area contributed by atoms with E-state index in [-0.39, 0.29) is 18.2 Å². The number of hydrogen-bond acceptors (Lipinski definition) is 6. The Labute approximate surface area is 170 Å². The normalized spacial score (nSPS) is 16.5. The van der Waals surface area contributed by atoms with Crippen LogP contribution in [0.5, 0.6) is 5.75 Å². The summed E-state index contributed by atoms with van der Waals surface area (Å²) in [5, 5.41) is 7.96. The van der Waals surface area contributed by atoms with Crippen molar-refractivity contribution in [1.29, 1.82) is 0 Å². The lowest BCUT2D eigenvalue weighted by Crippen LogP contribution is -2.31. The molecule has 2 heterocycles. The number of ether oxygens (including phenoxy) is 1. The van der Waals surface area contributed by atoms with Crippen molar-refractivity contribution in [3.05, 3.63) is 54.3 Å². The lowest BCUT2D eigenvalue weighted by molar-refractivity contribution is -0.121. The third kappa shape index (κ3) is 3.49. The van der Waals surface area contributed by atoms with Crippen molar-refractivity contribution in [1.82, 2.24) is 14.8 Å². The second kappa shape index (κ2) is 7.67. The molecule has 1 atom stereocenters. The van der Waals surface area contributed by atoms with Crippen molar-refractivity contribution >= 4 is 29.3 Å². The van der Waals surface area contributed by atoms with Crippen LogP contribution in [0.2, 0.25) is 0 Å². The third-order valence-corrected chi connectivity index (χ3v) is 5.85. The van der Waals surface area contributed by atoms with Gasteiger partial charge in [-0.15, -0.1) is 10.2 Å². The first-order valence-electron chi connectivity index (χ1n) is 8.81. The highest BCUT2D eigenvalue weighted by atomic mass is 32.2. The quantitative estimate of drug-likeness (QED) is 0.600. The van der Waals surface area contributed by atoms with Crippen LogP contribution in [0.4, 0.5) is 10.1 Å².